The van der Waals surface area contributed by atoms with Gasteiger partial charge in [0.15, 0.2) is 5.79 Å². The summed E-state index contributed by atoms with van der Waals surface area (Å²) in [5.74, 6) is -6.46. The van der Waals surface area contributed by atoms with Gasteiger partial charge in [0.05, 0.1) is 53.7 Å². The standard InChI is InChI=1S/C42H68O11/c1-11-29(38(46)47)31-15-14-23(4)36(50-31)27(8)34(44)26(7)35(45)30(12-2)37-24(5)22-25(6)41(51-37)19-16-32(43)42(53-41)21-20-39(10,52-42)33-17-18-40(48,13-3)28(9)49-33/h16,19,23-31,33-34,36-37,44,48H,11-15,17-18,20-22H2,1-10H3,(H,46,47)/t23-,24-,25+,26-,27-,28-,29?,30-,31?,33+,34+,36?,37-,39-,40+,41-,42-/m0/s1. The molecule has 4 fully saturated rings. The molecular weight excluding hydrogens is 680 g/mol. The van der Waals surface area contributed by atoms with Crippen molar-refractivity contribution in [3.63, 3.8) is 0 Å². The number of carbonyl (C=O) groups excluding carboxylic acids is 2. The fourth-order valence-electron chi connectivity index (χ4n) is 10.4. The van der Waals surface area contributed by atoms with E-state index in [1.807, 2.05) is 48.5 Å². The Morgan fingerprint density at radius 3 is 2.19 bits per heavy atom. The Hall–Kier alpha value is -1.73. The minimum atomic E-state index is -1.56. The molecule has 3 unspecified atom stereocenters. The maximum Gasteiger partial charge on any atom is 0.309 e. The zero-order valence-electron chi connectivity index (χ0n) is 33.8. The van der Waals surface area contributed by atoms with Crippen molar-refractivity contribution in [2.24, 2.45) is 41.4 Å². The maximum atomic E-state index is 14.4. The predicted octanol–water partition coefficient (Wildman–Crippen LogP) is 6.40. The topological polar surface area (TPSA) is 158 Å². The highest BCUT2D eigenvalue weighted by Gasteiger charge is 2.63. The number of Topliss-reactive ketones (excluding diaryl/α,β-unsaturated/α-hetero) is 1. The lowest BCUT2D eigenvalue weighted by molar-refractivity contribution is -0.378. The van der Waals surface area contributed by atoms with Gasteiger partial charge in [-0.15, -0.1) is 0 Å². The number of hydrogen-bond donors (Lipinski definition) is 3. The van der Waals surface area contributed by atoms with Crippen LogP contribution in [0.15, 0.2) is 12.2 Å². The van der Waals surface area contributed by atoms with Gasteiger partial charge in [-0.2, -0.15) is 0 Å². The molecule has 5 rings (SSSR count). The molecule has 0 amide bonds. The Bertz CT molecular complexity index is 1370. The van der Waals surface area contributed by atoms with Crippen LogP contribution < -0.4 is 0 Å². The molecule has 53 heavy (non-hydrogen) atoms. The second-order valence-electron chi connectivity index (χ2n) is 17.8. The molecule has 302 valence electrons. The number of carboxylic acid groups (broad SMARTS) is 1. The van der Waals surface area contributed by atoms with Gasteiger partial charge >= 0.3 is 5.97 Å². The van der Waals surface area contributed by atoms with Crippen molar-refractivity contribution in [1.29, 1.82) is 0 Å². The molecule has 11 heteroatoms. The van der Waals surface area contributed by atoms with Gasteiger partial charge in [-0.05, 0) is 95.6 Å². The maximum absolute atomic E-state index is 14.4. The van der Waals surface area contributed by atoms with Crippen LogP contribution >= 0.6 is 0 Å². The zero-order chi connectivity index (χ0) is 39.3. The molecule has 0 aromatic rings. The molecule has 0 aromatic heterocycles. The summed E-state index contributed by atoms with van der Waals surface area (Å²) < 4.78 is 33.2. The van der Waals surface area contributed by atoms with E-state index in [0.29, 0.717) is 57.8 Å². The van der Waals surface area contributed by atoms with E-state index < -0.39 is 70.7 Å². The quantitative estimate of drug-likeness (QED) is 0.203. The van der Waals surface area contributed by atoms with E-state index in [1.54, 1.807) is 13.0 Å². The normalized spacial score (nSPS) is 44.8. The Morgan fingerprint density at radius 2 is 1.58 bits per heavy atom. The lowest BCUT2D eigenvalue weighted by Gasteiger charge is -2.53. The van der Waals surface area contributed by atoms with Gasteiger partial charge < -0.3 is 39.0 Å². The minimum Gasteiger partial charge on any atom is -0.481 e. The van der Waals surface area contributed by atoms with Crippen LogP contribution in [0.25, 0.3) is 0 Å². The van der Waals surface area contributed by atoms with Crippen molar-refractivity contribution in [1.82, 2.24) is 0 Å². The Kier molecular flexibility index (Phi) is 12.8. The third-order valence-electron chi connectivity index (χ3n) is 14.3. The number of rotatable bonds is 12. The van der Waals surface area contributed by atoms with Crippen LogP contribution in [-0.2, 0) is 38.1 Å². The van der Waals surface area contributed by atoms with Gasteiger partial charge in [0.25, 0.3) is 0 Å². The molecule has 5 aliphatic heterocycles. The van der Waals surface area contributed by atoms with Crippen LogP contribution in [0.1, 0.15) is 133 Å². The number of carbonyl (C=O) groups is 3. The van der Waals surface area contributed by atoms with E-state index in [2.05, 4.69) is 13.8 Å². The van der Waals surface area contributed by atoms with E-state index in [1.165, 1.54) is 6.08 Å². The summed E-state index contributed by atoms with van der Waals surface area (Å²) in [6.07, 6.45) is 5.84. The van der Waals surface area contributed by atoms with Crippen molar-refractivity contribution >= 4 is 17.5 Å². The summed E-state index contributed by atoms with van der Waals surface area (Å²) in [7, 11) is 0. The minimum absolute atomic E-state index is 0.00877. The van der Waals surface area contributed by atoms with E-state index in [0.717, 1.165) is 6.42 Å². The molecule has 0 bridgehead atoms. The number of ether oxygens (including phenoxy) is 5. The SMILES string of the molecule is CCC(C(=O)O)C1CC[C@H](C)C([C@@H](C)[C@H](O)[C@H](C)C(=O)[C@H](CC)[C@H]2O[C@]3(C=CC(=O)[C@]4(CC[C@@](C)([C@H]5CC[C@](O)(CC)[C@H](C)O5)O4)O3)[C@H](C)C[C@@H]2C)O1. The first-order chi connectivity index (χ1) is 24.8. The molecule has 0 saturated carbocycles. The molecule has 5 heterocycles. The lowest BCUT2D eigenvalue weighted by atomic mass is 9.72. The number of aliphatic hydroxyl groups is 2. The van der Waals surface area contributed by atoms with Crippen LogP contribution in [0.3, 0.4) is 0 Å². The Morgan fingerprint density at radius 1 is 0.906 bits per heavy atom. The summed E-state index contributed by atoms with van der Waals surface area (Å²) in [6.45, 7) is 19.4. The fraction of sp³-hybridized carbons (Fsp3) is 0.881. The third kappa shape index (κ3) is 7.83. The first-order valence-electron chi connectivity index (χ1n) is 20.6. The van der Waals surface area contributed by atoms with E-state index in [-0.39, 0.29) is 47.6 Å². The van der Waals surface area contributed by atoms with Gasteiger partial charge in [-0.25, -0.2) is 0 Å². The largest absolute Gasteiger partial charge is 0.481 e. The van der Waals surface area contributed by atoms with Crippen molar-refractivity contribution in [3.05, 3.63) is 12.2 Å². The summed E-state index contributed by atoms with van der Waals surface area (Å²) in [5, 5.41) is 32.5. The van der Waals surface area contributed by atoms with E-state index >= 15 is 0 Å². The monoisotopic (exact) mass is 748 g/mol. The van der Waals surface area contributed by atoms with Crippen LogP contribution in [0.5, 0.6) is 0 Å². The summed E-state index contributed by atoms with van der Waals surface area (Å²) in [4.78, 5) is 40.0. The van der Waals surface area contributed by atoms with E-state index in [4.69, 9.17) is 23.7 Å². The summed E-state index contributed by atoms with van der Waals surface area (Å²) >= 11 is 0. The average molecular weight is 749 g/mol. The molecule has 17 atom stereocenters. The molecule has 0 radical (unpaired) electrons. The fourth-order valence-corrected chi connectivity index (χ4v) is 10.4. The van der Waals surface area contributed by atoms with Gasteiger partial charge in [0.1, 0.15) is 5.78 Å². The number of carboxylic acids is 1. The van der Waals surface area contributed by atoms with Crippen molar-refractivity contribution in [3.8, 4) is 0 Å². The van der Waals surface area contributed by atoms with Crippen LogP contribution in [0.2, 0.25) is 0 Å². The molecule has 4 saturated heterocycles. The molecular formula is C42H68O11. The lowest BCUT2D eigenvalue weighted by Crippen LogP contribution is -2.62. The highest BCUT2D eigenvalue weighted by Crippen LogP contribution is 2.53. The summed E-state index contributed by atoms with van der Waals surface area (Å²) in [6, 6.07) is 0. The van der Waals surface area contributed by atoms with Crippen molar-refractivity contribution < 1.29 is 53.4 Å². The Labute approximate surface area is 316 Å². The molecule has 0 aliphatic carbocycles. The average Bonchev–Trinajstić information content (AvgIpc) is 3.47. The highest BCUT2D eigenvalue weighted by atomic mass is 16.8. The van der Waals surface area contributed by atoms with Gasteiger partial charge in [0.2, 0.25) is 11.6 Å². The van der Waals surface area contributed by atoms with Gasteiger partial charge in [-0.3, -0.25) is 14.4 Å². The summed E-state index contributed by atoms with van der Waals surface area (Å²) in [5.41, 5.74) is -1.71. The molecule has 2 spiro atoms. The second-order valence-corrected chi connectivity index (χ2v) is 17.8. The zero-order valence-corrected chi connectivity index (χ0v) is 33.8. The van der Waals surface area contributed by atoms with Crippen molar-refractivity contribution in [2.75, 3.05) is 0 Å². The van der Waals surface area contributed by atoms with Crippen LogP contribution in [0, 0.1) is 41.4 Å². The van der Waals surface area contributed by atoms with Crippen molar-refractivity contribution in [2.45, 2.75) is 193 Å². The number of aliphatic hydroxyl groups excluding tert-OH is 1. The number of aliphatic carboxylic acids is 1. The molecule has 0 aromatic carbocycles. The van der Waals surface area contributed by atoms with Gasteiger partial charge in [0, 0.05) is 30.1 Å². The molecule has 3 N–H and O–H groups in total. The van der Waals surface area contributed by atoms with Crippen LogP contribution in [-0.4, -0.2) is 92.3 Å². The first kappa shape index (κ1) is 42.4. The number of hydrogen-bond acceptors (Lipinski definition) is 10. The molecule has 5 aliphatic rings. The highest BCUT2D eigenvalue weighted by molar-refractivity contribution is 5.97. The predicted molar refractivity (Wildman–Crippen MR) is 198 cm³/mol. The number of ketones is 2. The smallest absolute Gasteiger partial charge is 0.309 e. The Balaban J connectivity index is 1.31. The second kappa shape index (κ2) is 16.0. The van der Waals surface area contributed by atoms with Gasteiger partial charge in [-0.1, -0.05) is 55.4 Å². The van der Waals surface area contributed by atoms with Crippen LogP contribution in [0.4, 0.5) is 0 Å². The third-order valence-corrected chi connectivity index (χ3v) is 14.3. The molecule has 11 nitrogen and oxygen atoms in total. The van der Waals surface area contributed by atoms with E-state index in [9.17, 15) is 29.7 Å². The first-order valence-corrected chi connectivity index (χ1v) is 20.6.